The molecule has 2 amide bonds. The second kappa shape index (κ2) is 14.1. The highest BCUT2D eigenvalue weighted by atomic mass is 35.5. The zero-order valence-corrected chi connectivity index (χ0v) is 29.4. The average Bonchev–Trinajstić information content (AvgIpc) is 3.91. The van der Waals surface area contributed by atoms with Crippen LogP contribution in [0.15, 0.2) is 83.9 Å². The number of rotatable bonds is 9. The van der Waals surface area contributed by atoms with Crippen molar-refractivity contribution in [3.05, 3.63) is 117 Å². The number of hydrogen-bond acceptors (Lipinski definition) is 6. The lowest BCUT2D eigenvalue weighted by Gasteiger charge is -2.16. The molecule has 10 heteroatoms. The number of pyridine rings is 1. The lowest BCUT2D eigenvalue weighted by molar-refractivity contribution is -0.123. The van der Waals surface area contributed by atoms with E-state index in [1.54, 1.807) is 16.8 Å². The van der Waals surface area contributed by atoms with E-state index >= 15 is 0 Å². The van der Waals surface area contributed by atoms with Gasteiger partial charge in [0.2, 0.25) is 11.8 Å². The van der Waals surface area contributed by atoms with Gasteiger partial charge < -0.3 is 21.3 Å². The van der Waals surface area contributed by atoms with Crippen molar-refractivity contribution in [3.63, 3.8) is 0 Å². The van der Waals surface area contributed by atoms with Crippen molar-refractivity contribution >= 4 is 29.1 Å². The van der Waals surface area contributed by atoms with E-state index in [-0.39, 0.29) is 35.5 Å². The highest BCUT2D eigenvalue weighted by Crippen LogP contribution is 2.41. The van der Waals surface area contributed by atoms with Crippen molar-refractivity contribution in [2.45, 2.75) is 70.1 Å². The van der Waals surface area contributed by atoms with E-state index in [4.69, 9.17) is 11.6 Å². The van der Waals surface area contributed by atoms with Gasteiger partial charge in [0.05, 0.1) is 11.1 Å². The SMILES string of the molecule is Cc1c(-c2ccn3c(=O)c(CNC[C@H]4CCC(=O)N4)cnc3c2)cccc1-c1cccc(-c2ccc3c(c2)C[C@@H](NC(=O)[C@@H]2CCCN2)C3)c1Cl. The number of fused-ring (bicyclic) bond motifs is 2. The van der Waals surface area contributed by atoms with E-state index in [0.717, 1.165) is 77.6 Å². The Hall–Kier alpha value is -4.83. The minimum absolute atomic E-state index is 0.0729. The third kappa shape index (κ3) is 6.69. The maximum absolute atomic E-state index is 13.3. The first kappa shape index (κ1) is 33.3. The van der Waals surface area contributed by atoms with Crippen LogP contribution >= 0.6 is 11.6 Å². The molecule has 3 aromatic carbocycles. The standard InChI is InChI=1S/C41H41ClN6O3/c1-24-32(27-14-16-48-37(20-27)45-22-29(41(48)51)21-43-23-30-12-13-38(49)46-30)5-2-6-33(24)35-8-3-7-34(39(35)42)26-11-10-25-18-31(19-28(25)17-26)47-40(50)36-9-4-15-44-36/h2-3,5-8,10-11,14,16-17,20,22,30-31,36,43-44H,4,9,12-13,15,18-19,21,23H2,1H3,(H,46,49)(H,47,50)/t30-,31+,36+/m1/s1. The number of benzene rings is 3. The van der Waals surface area contributed by atoms with Crippen LogP contribution in [0.4, 0.5) is 0 Å². The summed E-state index contributed by atoms with van der Waals surface area (Å²) in [7, 11) is 0. The van der Waals surface area contributed by atoms with Crippen molar-refractivity contribution in [1.82, 2.24) is 30.7 Å². The van der Waals surface area contributed by atoms with E-state index < -0.39 is 0 Å². The molecule has 0 spiro atoms. The predicted octanol–water partition coefficient (Wildman–Crippen LogP) is 5.36. The van der Waals surface area contributed by atoms with Gasteiger partial charge in [0, 0.05) is 60.7 Å². The Morgan fingerprint density at radius 2 is 1.73 bits per heavy atom. The Bertz CT molecular complexity index is 2230. The number of halogens is 1. The summed E-state index contributed by atoms with van der Waals surface area (Å²) in [6, 6.07) is 23.0. The fourth-order valence-corrected chi connectivity index (χ4v) is 8.25. The van der Waals surface area contributed by atoms with Crippen molar-refractivity contribution in [1.29, 1.82) is 0 Å². The lowest BCUT2D eigenvalue weighted by Crippen LogP contribution is -2.45. The number of nitrogens with one attached hydrogen (secondary N) is 4. The fourth-order valence-electron chi connectivity index (χ4n) is 7.91. The molecule has 1 aliphatic carbocycles. The predicted molar refractivity (Wildman–Crippen MR) is 201 cm³/mol. The molecule has 4 N–H and O–H groups in total. The molecule has 8 rings (SSSR count). The molecule has 51 heavy (non-hydrogen) atoms. The Labute approximate surface area is 301 Å². The van der Waals surface area contributed by atoms with Crippen LogP contribution in [0.25, 0.3) is 39.0 Å². The van der Waals surface area contributed by atoms with Crippen LogP contribution in [-0.4, -0.2) is 52.4 Å². The molecule has 5 aromatic rings. The van der Waals surface area contributed by atoms with Gasteiger partial charge in [-0.05, 0) is 96.6 Å². The van der Waals surface area contributed by atoms with Crippen LogP contribution < -0.4 is 26.8 Å². The lowest BCUT2D eigenvalue weighted by atomic mass is 9.91. The molecule has 4 heterocycles. The highest BCUT2D eigenvalue weighted by Gasteiger charge is 2.28. The Morgan fingerprint density at radius 3 is 2.53 bits per heavy atom. The fraction of sp³-hybridized carbons (Fsp3) is 0.317. The molecule has 0 radical (unpaired) electrons. The van der Waals surface area contributed by atoms with Crippen molar-refractivity contribution < 1.29 is 9.59 Å². The molecule has 0 unspecified atom stereocenters. The molecule has 2 saturated heterocycles. The summed E-state index contributed by atoms with van der Waals surface area (Å²) < 4.78 is 1.58. The third-order valence-electron chi connectivity index (χ3n) is 10.7. The summed E-state index contributed by atoms with van der Waals surface area (Å²) in [5, 5.41) is 13.5. The molecule has 0 bridgehead atoms. The topological polar surface area (TPSA) is 117 Å². The van der Waals surface area contributed by atoms with Gasteiger partial charge in [0.15, 0.2) is 0 Å². The van der Waals surface area contributed by atoms with E-state index in [1.165, 1.54) is 11.1 Å². The van der Waals surface area contributed by atoms with E-state index in [9.17, 15) is 14.4 Å². The van der Waals surface area contributed by atoms with Crippen molar-refractivity contribution in [3.8, 4) is 33.4 Å². The molecular weight excluding hydrogens is 660 g/mol. The van der Waals surface area contributed by atoms with E-state index in [1.807, 2.05) is 18.2 Å². The Kier molecular flexibility index (Phi) is 9.19. The van der Waals surface area contributed by atoms with Gasteiger partial charge in [-0.3, -0.25) is 18.8 Å². The van der Waals surface area contributed by atoms with Crippen LogP contribution in [0, 0.1) is 6.92 Å². The number of carbonyl (C=O) groups is 2. The van der Waals surface area contributed by atoms with Crippen molar-refractivity contribution in [2.75, 3.05) is 13.1 Å². The summed E-state index contributed by atoms with van der Waals surface area (Å²) in [5.41, 5.74) is 10.6. The monoisotopic (exact) mass is 700 g/mol. The molecule has 3 atom stereocenters. The second-order valence-electron chi connectivity index (χ2n) is 14.1. The smallest absolute Gasteiger partial charge is 0.262 e. The average molecular weight is 701 g/mol. The minimum Gasteiger partial charge on any atom is -0.352 e. The quantitative estimate of drug-likeness (QED) is 0.165. The summed E-state index contributed by atoms with van der Waals surface area (Å²) >= 11 is 7.22. The van der Waals surface area contributed by atoms with Gasteiger partial charge in [-0.2, -0.15) is 0 Å². The molecule has 2 aliphatic heterocycles. The minimum atomic E-state index is -0.114. The van der Waals surface area contributed by atoms with E-state index in [2.05, 4.69) is 81.7 Å². The van der Waals surface area contributed by atoms with E-state index in [0.29, 0.717) is 35.7 Å². The normalized spacial score (nSPS) is 19.7. The Balaban J connectivity index is 1.01. The molecule has 9 nitrogen and oxygen atoms in total. The maximum Gasteiger partial charge on any atom is 0.262 e. The molecule has 0 saturated carbocycles. The third-order valence-corrected chi connectivity index (χ3v) is 11.1. The first-order valence-corrected chi connectivity index (χ1v) is 18.3. The summed E-state index contributed by atoms with van der Waals surface area (Å²) in [5.74, 6) is 0.186. The van der Waals surface area contributed by atoms with Crippen LogP contribution in [0.2, 0.25) is 5.02 Å². The number of carbonyl (C=O) groups excluding carboxylic acids is 2. The number of aromatic nitrogens is 2. The number of hydrogen-bond donors (Lipinski definition) is 4. The van der Waals surface area contributed by atoms with Crippen LogP contribution in [0.1, 0.15) is 47.9 Å². The number of amides is 2. The van der Waals surface area contributed by atoms with Gasteiger partial charge in [-0.1, -0.05) is 66.2 Å². The molecule has 2 fully saturated rings. The van der Waals surface area contributed by atoms with Crippen molar-refractivity contribution in [2.24, 2.45) is 0 Å². The summed E-state index contributed by atoms with van der Waals surface area (Å²) in [4.78, 5) is 42.1. The molecule has 2 aromatic heterocycles. The first-order valence-electron chi connectivity index (χ1n) is 17.9. The molecule has 260 valence electrons. The highest BCUT2D eigenvalue weighted by molar-refractivity contribution is 6.36. The van der Waals surface area contributed by atoms with Crippen LogP contribution in [0.5, 0.6) is 0 Å². The van der Waals surface area contributed by atoms with Gasteiger partial charge in [-0.15, -0.1) is 0 Å². The summed E-state index contributed by atoms with van der Waals surface area (Å²) in [6.07, 6.45) is 8.38. The molecular formula is C41H41ClN6O3. The van der Waals surface area contributed by atoms with Gasteiger partial charge in [0.1, 0.15) is 5.65 Å². The first-order chi connectivity index (χ1) is 24.8. The number of nitrogens with zero attached hydrogens (tertiary/aromatic N) is 2. The molecule has 3 aliphatic rings. The van der Waals surface area contributed by atoms with Gasteiger partial charge in [-0.25, -0.2) is 4.98 Å². The van der Waals surface area contributed by atoms with Crippen LogP contribution in [-0.2, 0) is 29.0 Å². The summed E-state index contributed by atoms with van der Waals surface area (Å²) in [6.45, 7) is 4.00. The second-order valence-corrected chi connectivity index (χ2v) is 14.4. The van der Waals surface area contributed by atoms with Gasteiger partial charge in [0.25, 0.3) is 5.56 Å². The van der Waals surface area contributed by atoms with Gasteiger partial charge >= 0.3 is 0 Å². The zero-order chi connectivity index (χ0) is 35.1. The largest absolute Gasteiger partial charge is 0.352 e. The maximum atomic E-state index is 13.3. The zero-order valence-electron chi connectivity index (χ0n) is 28.6. The Morgan fingerprint density at radius 1 is 0.941 bits per heavy atom. The van der Waals surface area contributed by atoms with Crippen LogP contribution in [0.3, 0.4) is 0 Å².